The van der Waals surface area contributed by atoms with Gasteiger partial charge in [-0.3, -0.25) is 0 Å². The van der Waals surface area contributed by atoms with E-state index < -0.39 is 0 Å². The van der Waals surface area contributed by atoms with Gasteiger partial charge in [0.1, 0.15) is 0 Å². The van der Waals surface area contributed by atoms with Crippen LogP contribution in [-0.2, 0) is 0 Å². The minimum atomic E-state index is 0.139. The maximum Gasteiger partial charge on any atom is 0.0852 e. The standard InChI is InChI=1S/C6H13N3O2/c1-5-3-4-6(2)8(5)9(11)7-10/h5-6,10H,3-4H2,1-2H3/p-1/b9-7+. The minimum Gasteiger partial charge on any atom is -0.737 e. The maximum absolute atomic E-state index is 10.8. The van der Waals surface area contributed by atoms with Gasteiger partial charge >= 0.3 is 0 Å². The van der Waals surface area contributed by atoms with E-state index in [-0.39, 0.29) is 17.1 Å². The summed E-state index contributed by atoms with van der Waals surface area (Å²) in [5, 5.41) is 24.5. The van der Waals surface area contributed by atoms with E-state index in [0.29, 0.717) is 0 Å². The Kier molecular flexibility index (Phi) is 2.16. The summed E-state index contributed by atoms with van der Waals surface area (Å²) in [5.74, 6) is 0. The summed E-state index contributed by atoms with van der Waals surface area (Å²) in [6.45, 7) is 3.83. The van der Waals surface area contributed by atoms with Crippen molar-refractivity contribution in [2.75, 3.05) is 0 Å². The van der Waals surface area contributed by atoms with E-state index in [1.54, 1.807) is 0 Å². The maximum atomic E-state index is 10.8. The summed E-state index contributed by atoms with van der Waals surface area (Å²) in [7, 11) is 0. The Morgan fingerprint density at radius 2 is 1.82 bits per heavy atom. The minimum absolute atomic E-state index is 0.139. The number of nitrogens with zero attached hydrogens (tertiary/aromatic N) is 3. The molecule has 0 aromatic heterocycles. The first-order chi connectivity index (χ1) is 5.16. The summed E-state index contributed by atoms with van der Waals surface area (Å²) in [5.41, 5.74) is 0. The van der Waals surface area contributed by atoms with Crippen molar-refractivity contribution in [1.82, 2.24) is 5.01 Å². The SMILES string of the molecule is CC1CCC(C)N1/[N+]([O-])=N\[O-]. The Hall–Kier alpha value is -1.00. The van der Waals surface area contributed by atoms with Crippen molar-refractivity contribution in [3.05, 3.63) is 10.4 Å². The monoisotopic (exact) mass is 158 g/mol. The molecule has 11 heavy (non-hydrogen) atoms. The molecule has 0 saturated carbocycles. The summed E-state index contributed by atoms with van der Waals surface area (Å²) >= 11 is 0. The zero-order valence-corrected chi connectivity index (χ0v) is 6.73. The fourth-order valence-corrected chi connectivity index (χ4v) is 1.56. The van der Waals surface area contributed by atoms with Gasteiger partial charge in [-0.05, 0) is 32.0 Å². The van der Waals surface area contributed by atoms with Crippen molar-refractivity contribution < 1.29 is 4.97 Å². The number of hydrazine groups is 1. The lowest BCUT2D eigenvalue weighted by atomic mass is 10.2. The molecule has 0 amide bonds. The molecule has 5 nitrogen and oxygen atoms in total. The third-order valence-electron chi connectivity index (χ3n) is 2.17. The fraction of sp³-hybridized carbons (Fsp3) is 1.00. The average molecular weight is 158 g/mol. The van der Waals surface area contributed by atoms with Crippen molar-refractivity contribution >= 4 is 0 Å². The van der Waals surface area contributed by atoms with E-state index in [2.05, 4.69) is 5.28 Å². The van der Waals surface area contributed by atoms with E-state index in [1.807, 2.05) is 13.8 Å². The normalized spacial score (nSPS) is 32.9. The molecule has 0 N–H and O–H groups in total. The molecule has 5 heteroatoms. The third kappa shape index (κ3) is 1.36. The molecule has 2 unspecified atom stereocenters. The van der Waals surface area contributed by atoms with E-state index in [4.69, 9.17) is 0 Å². The Balaban J connectivity index is 2.68. The summed E-state index contributed by atoms with van der Waals surface area (Å²) in [6, 6.07) is 0.278. The fourth-order valence-electron chi connectivity index (χ4n) is 1.56. The second-order valence-electron chi connectivity index (χ2n) is 2.99. The molecule has 1 aliphatic heterocycles. The molecule has 0 aromatic carbocycles. The molecular formula is C6H12N3O2-. The van der Waals surface area contributed by atoms with Gasteiger partial charge in [-0.1, -0.05) is 0 Å². The lowest BCUT2D eigenvalue weighted by Gasteiger charge is -2.21. The van der Waals surface area contributed by atoms with Crippen LogP contribution in [0.5, 0.6) is 0 Å². The van der Waals surface area contributed by atoms with Crippen LogP contribution in [0.4, 0.5) is 0 Å². The highest BCUT2D eigenvalue weighted by Gasteiger charge is 2.33. The molecule has 2 atom stereocenters. The quantitative estimate of drug-likeness (QED) is 0.327. The molecule has 0 radical (unpaired) electrons. The second-order valence-corrected chi connectivity index (χ2v) is 2.99. The van der Waals surface area contributed by atoms with Crippen molar-refractivity contribution in [1.29, 1.82) is 0 Å². The lowest BCUT2D eigenvalue weighted by Crippen LogP contribution is -2.38. The molecule has 1 fully saturated rings. The van der Waals surface area contributed by atoms with Crippen LogP contribution >= 0.6 is 0 Å². The van der Waals surface area contributed by atoms with Crippen molar-refractivity contribution in [3.8, 4) is 0 Å². The second kappa shape index (κ2) is 2.94. The number of rotatable bonds is 1. The van der Waals surface area contributed by atoms with E-state index in [9.17, 15) is 10.4 Å². The molecule has 64 valence electrons. The lowest BCUT2D eigenvalue weighted by molar-refractivity contribution is -0.700. The molecule has 0 aliphatic carbocycles. The van der Waals surface area contributed by atoms with Gasteiger partial charge in [0.15, 0.2) is 0 Å². The van der Waals surface area contributed by atoms with Crippen LogP contribution in [0.25, 0.3) is 0 Å². The summed E-state index contributed by atoms with van der Waals surface area (Å²) in [6.07, 6.45) is 1.91. The summed E-state index contributed by atoms with van der Waals surface area (Å²) < 4.78 is 0. The van der Waals surface area contributed by atoms with Crippen molar-refractivity contribution in [2.45, 2.75) is 38.8 Å². The van der Waals surface area contributed by atoms with Crippen LogP contribution in [0, 0.1) is 10.4 Å². The van der Waals surface area contributed by atoms with Gasteiger partial charge in [-0.25, -0.2) is 0 Å². The van der Waals surface area contributed by atoms with Gasteiger partial charge in [0, 0.05) is 4.97 Å². The van der Waals surface area contributed by atoms with Crippen LogP contribution in [0.2, 0.25) is 0 Å². The number of hydrogen-bond acceptors (Lipinski definition) is 3. The van der Waals surface area contributed by atoms with Gasteiger partial charge < -0.3 is 10.4 Å². The van der Waals surface area contributed by atoms with Crippen LogP contribution < -0.4 is 0 Å². The predicted octanol–water partition coefficient (Wildman–Crippen LogP) is 1.23. The van der Waals surface area contributed by atoms with E-state index in [1.165, 1.54) is 5.01 Å². The molecule has 1 aliphatic rings. The van der Waals surface area contributed by atoms with Crippen LogP contribution in [0.15, 0.2) is 5.28 Å². The van der Waals surface area contributed by atoms with Gasteiger partial charge in [-0.15, -0.1) is 5.01 Å². The van der Waals surface area contributed by atoms with Gasteiger partial charge in [0.25, 0.3) is 0 Å². The highest BCUT2D eigenvalue weighted by Crippen LogP contribution is 2.22. The molecule has 1 heterocycles. The van der Waals surface area contributed by atoms with Gasteiger partial charge in [0.2, 0.25) is 0 Å². The number of hydrogen-bond donors (Lipinski definition) is 0. The van der Waals surface area contributed by atoms with Crippen molar-refractivity contribution in [3.63, 3.8) is 0 Å². The largest absolute Gasteiger partial charge is 0.737 e. The Morgan fingerprint density at radius 3 is 2.18 bits per heavy atom. The predicted molar refractivity (Wildman–Crippen MR) is 39.4 cm³/mol. The van der Waals surface area contributed by atoms with E-state index in [0.717, 1.165) is 12.8 Å². The topological polar surface area (TPSA) is 64.7 Å². The average Bonchev–Trinajstić information content (AvgIpc) is 2.30. The molecular weight excluding hydrogens is 146 g/mol. The molecule has 1 rings (SSSR count). The smallest absolute Gasteiger partial charge is 0.0852 e. The van der Waals surface area contributed by atoms with Crippen LogP contribution in [0.1, 0.15) is 26.7 Å². The van der Waals surface area contributed by atoms with Gasteiger partial charge in [0.05, 0.1) is 12.1 Å². The first-order valence-electron chi connectivity index (χ1n) is 3.75. The Labute approximate surface area is 65.4 Å². The first-order valence-corrected chi connectivity index (χ1v) is 3.75. The molecule has 0 spiro atoms. The Morgan fingerprint density at radius 1 is 1.36 bits per heavy atom. The molecule has 0 aromatic rings. The highest BCUT2D eigenvalue weighted by atomic mass is 16.6. The Bertz CT molecular complexity index is 161. The first kappa shape index (κ1) is 8.10. The van der Waals surface area contributed by atoms with Gasteiger partial charge in [-0.2, -0.15) is 0 Å². The zero-order valence-electron chi connectivity index (χ0n) is 6.73. The van der Waals surface area contributed by atoms with Crippen LogP contribution in [0.3, 0.4) is 0 Å². The van der Waals surface area contributed by atoms with E-state index >= 15 is 0 Å². The highest BCUT2D eigenvalue weighted by molar-refractivity contribution is 4.75. The summed E-state index contributed by atoms with van der Waals surface area (Å²) in [4.78, 5) is 0.155. The molecule has 0 bridgehead atoms. The zero-order chi connectivity index (χ0) is 8.43. The van der Waals surface area contributed by atoms with Crippen LogP contribution in [-0.4, -0.2) is 22.1 Å². The molecule has 1 saturated heterocycles. The third-order valence-corrected chi connectivity index (χ3v) is 2.17. The van der Waals surface area contributed by atoms with Crippen molar-refractivity contribution in [2.24, 2.45) is 5.28 Å².